The zero-order valence-corrected chi connectivity index (χ0v) is 19.9. The molecule has 1 aromatic carbocycles. The summed E-state index contributed by atoms with van der Waals surface area (Å²) in [5.74, 6) is -0.847. The minimum Gasteiger partial charge on any atom is -0.480 e. The molecular weight excluding hydrogens is 420 g/mol. The molecule has 1 heterocycles. The Labute approximate surface area is 196 Å². The molecule has 7 nitrogen and oxygen atoms in total. The lowest BCUT2D eigenvalue weighted by molar-refractivity contribution is -0.150. The van der Waals surface area contributed by atoms with Crippen molar-refractivity contribution in [1.82, 2.24) is 10.2 Å². The molecule has 1 saturated carbocycles. The Kier molecular flexibility index (Phi) is 9.30. The summed E-state index contributed by atoms with van der Waals surface area (Å²) in [6.07, 6.45) is 7.55. The van der Waals surface area contributed by atoms with Gasteiger partial charge in [-0.3, -0.25) is 14.9 Å². The van der Waals surface area contributed by atoms with Crippen LogP contribution in [0.25, 0.3) is 0 Å². The second-order valence-corrected chi connectivity index (χ2v) is 9.46. The molecule has 3 rings (SSSR count). The van der Waals surface area contributed by atoms with Gasteiger partial charge in [0.05, 0.1) is 12.6 Å². The molecule has 2 fully saturated rings. The highest BCUT2D eigenvalue weighted by Crippen LogP contribution is 2.37. The van der Waals surface area contributed by atoms with Crippen LogP contribution in [0.15, 0.2) is 30.3 Å². The molecular formula is C26H38N2O5. The molecule has 4 atom stereocenters. The van der Waals surface area contributed by atoms with Gasteiger partial charge in [-0.05, 0) is 50.5 Å². The average molecular weight is 459 g/mol. The topological polar surface area (TPSA) is 95.9 Å². The zero-order chi connectivity index (χ0) is 23.8. The van der Waals surface area contributed by atoms with Crippen LogP contribution in [0.5, 0.6) is 0 Å². The summed E-state index contributed by atoms with van der Waals surface area (Å²) in [7, 11) is 0. The first kappa shape index (κ1) is 25.2. The number of esters is 1. The van der Waals surface area contributed by atoms with E-state index in [-0.39, 0.29) is 24.4 Å². The van der Waals surface area contributed by atoms with E-state index in [4.69, 9.17) is 4.74 Å². The Morgan fingerprint density at radius 2 is 1.82 bits per heavy atom. The molecule has 1 amide bonds. The maximum absolute atomic E-state index is 13.3. The number of carboxylic acid groups (broad SMARTS) is 1. The van der Waals surface area contributed by atoms with Crippen molar-refractivity contribution >= 4 is 17.8 Å². The molecule has 0 unspecified atom stereocenters. The second-order valence-electron chi connectivity index (χ2n) is 9.46. The van der Waals surface area contributed by atoms with E-state index in [1.54, 1.807) is 13.8 Å². The molecule has 0 radical (unpaired) electrons. The van der Waals surface area contributed by atoms with Crippen LogP contribution in [0.1, 0.15) is 64.4 Å². The van der Waals surface area contributed by atoms with Crippen LogP contribution >= 0.6 is 0 Å². The summed E-state index contributed by atoms with van der Waals surface area (Å²) in [6.45, 7) is 4.22. The number of amides is 1. The maximum Gasteiger partial charge on any atom is 0.326 e. The van der Waals surface area contributed by atoms with Gasteiger partial charge in [-0.25, -0.2) is 4.79 Å². The number of rotatable bonds is 10. The largest absolute Gasteiger partial charge is 0.480 e. The summed E-state index contributed by atoms with van der Waals surface area (Å²) in [6, 6.07) is 7.76. The Balaban J connectivity index is 1.65. The fourth-order valence-corrected chi connectivity index (χ4v) is 5.38. The highest BCUT2D eigenvalue weighted by atomic mass is 16.5. The Morgan fingerprint density at radius 3 is 2.45 bits per heavy atom. The smallest absolute Gasteiger partial charge is 0.326 e. The van der Waals surface area contributed by atoms with E-state index in [2.05, 4.69) is 5.32 Å². The molecule has 182 valence electrons. The number of likely N-dealkylation sites (tertiary alicyclic amines) is 1. The molecule has 1 aliphatic carbocycles. The standard InChI is InChI=1S/C26H38N2O5/c1-3-33-26(32)22(15-14-19-10-6-4-7-11-19)27-18(2)24(29)28-17-21(16-23(28)25(30)31)20-12-8-5-9-13-20/h4,6-7,10-11,18,20-23,27H,3,5,8-9,12-17H2,1-2H3,(H,30,31)/t18-,21-,22-,23-/m0/s1. The van der Waals surface area contributed by atoms with Gasteiger partial charge in [0.2, 0.25) is 5.91 Å². The minimum absolute atomic E-state index is 0.237. The summed E-state index contributed by atoms with van der Waals surface area (Å²) in [5.41, 5.74) is 1.10. The normalized spacial score (nSPS) is 23.2. The quantitative estimate of drug-likeness (QED) is 0.522. The fraction of sp³-hybridized carbons (Fsp3) is 0.654. The fourth-order valence-electron chi connectivity index (χ4n) is 5.38. The van der Waals surface area contributed by atoms with Crippen molar-refractivity contribution < 1.29 is 24.2 Å². The van der Waals surface area contributed by atoms with E-state index in [0.717, 1.165) is 18.4 Å². The van der Waals surface area contributed by atoms with Crippen molar-refractivity contribution in [3.63, 3.8) is 0 Å². The van der Waals surface area contributed by atoms with Crippen molar-refractivity contribution in [3.8, 4) is 0 Å². The van der Waals surface area contributed by atoms with E-state index < -0.39 is 24.1 Å². The maximum atomic E-state index is 13.3. The van der Waals surface area contributed by atoms with E-state index in [0.29, 0.717) is 31.7 Å². The number of carbonyl (C=O) groups excluding carboxylic acids is 2. The third-order valence-electron chi connectivity index (χ3n) is 7.18. The van der Waals surface area contributed by atoms with Crippen molar-refractivity contribution in [2.24, 2.45) is 11.8 Å². The Hall–Kier alpha value is -2.41. The van der Waals surface area contributed by atoms with E-state index in [9.17, 15) is 19.5 Å². The number of nitrogens with zero attached hydrogens (tertiary/aromatic N) is 1. The number of nitrogens with one attached hydrogen (secondary N) is 1. The van der Waals surface area contributed by atoms with Gasteiger partial charge in [0.25, 0.3) is 0 Å². The summed E-state index contributed by atoms with van der Waals surface area (Å²) in [4.78, 5) is 39.4. The zero-order valence-electron chi connectivity index (χ0n) is 19.9. The highest BCUT2D eigenvalue weighted by molar-refractivity contribution is 5.88. The molecule has 1 aliphatic heterocycles. The first-order chi connectivity index (χ1) is 15.9. The number of ether oxygens (including phenoxy) is 1. The molecule has 0 spiro atoms. The molecule has 2 aliphatic rings. The molecule has 0 bridgehead atoms. The molecule has 33 heavy (non-hydrogen) atoms. The van der Waals surface area contributed by atoms with E-state index in [1.807, 2.05) is 30.3 Å². The van der Waals surface area contributed by atoms with Crippen molar-refractivity contribution in [2.45, 2.75) is 83.3 Å². The van der Waals surface area contributed by atoms with Crippen LogP contribution in [-0.2, 0) is 25.5 Å². The van der Waals surface area contributed by atoms with Crippen LogP contribution in [0, 0.1) is 11.8 Å². The van der Waals surface area contributed by atoms with Crippen LogP contribution in [0.2, 0.25) is 0 Å². The van der Waals surface area contributed by atoms with Crippen LogP contribution in [-0.4, -0.2) is 59.1 Å². The molecule has 2 N–H and O–H groups in total. The second kappa shape index (κ2) is 12.2. The SMILES string of the molecule is CCOC(=O)[C@H](CCc1ccccc1)N[C@@H](C)C(=O)N1C[C@@H](C2CCCCC2)C[C@H]1C(=O)O. The lowest BCUT2D eigenvalue weighted by Gasteiger charge is -2.29. The number of hydrogen-bond acceptors (Lipinski definition) is 5. The number of carboxylic acids is 1. The van der Waals surface area contributed by atoms with Crippen molar-refractivity contribution in [1.29, 1.82) is 0 Å². The monoisotopic (exact) mass is 458 g/mol. The molecule has 1 saturated heterocycles. The lowest BCUT2D eigenvalue weighted by Crippen LogP contribution is -2.53. The molecule has 0 aromatic heterocycles. The molecule has 1 aromatic rings. The molecule has 7 heteroatoms. The van der Waals surface area contributed by atoms with E-state index >= 15 is 0 Å². The number of benzene rings is 1. The number of hydrogen-bond donors (Lipinski definition) is 2. The summed E-state index contributed by atoms with van der Waals surface area (Å²) >= 11 is 0. The minimum atomic E-state index is -0.945. The number of aryl methyl sites for hydroxylation is 1. The first-order valence-corrected chi connectivity index (χ1v) is 12.4. The van der Waals surface area contributed by atoms with Gasteiger partial charge >= 0.3 is 11.9 Å². The Morgan fingerprint density at radius 1 is 1.12 bits per heavy atom. The van der Waals surface area contributed by atoms with Crippen LogP contribution in [0.4, 0.5) is 0 Å². The predicted molar refractivity (Wildman–Crippen MR) is 126 cm³/mol. The number of carbonyl (C=O) groups is 3. The average Bonchev–Trinajstić information content (AvgIpc) is 3.28. The van der Waals surface area contributed by atoms with Crippen molar-refractivity contribution in [3.05, 3.63) is 35.9 Å². The van der Waals surface area contributed by atoms with Gasteiger partial charge in [-0.1, -0.05) is 62.4 Å². The lowest BCUT2D eigenvalue weighted by atomic mass is 9.79. The van der Waals surface area contributed by atoms with Gasteiger partial charge in [-0.2, -0.15) is 0 Å². The third kappa shape index (κ3) is 6.79. The van der Waals surface area contributed by atoms with Gasteiger partial charge in [0, 0.05) is 6.54 Å². The summed E-state index contributed by atoms with van der Waals surface area (Å²) in [5, 5.41) is 12.9. The van der Waals surface area contributed by atoms with Crippen LogP contribution in [0.3, 0.4) is 0 Å². The van der Waals surface area contributed by atoms with Crippen LogP contribution < -0.4 is 5.32 Å². The third-order valence-corrected chi connectivity index (χ3v) is 7.18. The van der Waals surface area contributed by atoms with E-state index in [1.165, 1.54) is 24.2 Å². The summed E-state index contributed by atoms with van der Waals surface area (Å²) < 4.78 is 5.23. The van der Waals surface area contributed by atoms with Gasteiger partial charge in [0.15, 0.2) is 0 Å². The van der Waals surface area contributed by atoms with Gasteiger partial charge in [0.1, 0.15) is 12.1 Å². The van der Waals surface area contributed by atoms with Gasteiger partial charge in [-0.15, -0.1) is 0 Å². The van der Waals surface area contributed by atoms with Crippen molar-refractivity contribution in [2.75, 3.05) is 13.2 Å². The van der Waals surface area contributed by atoms with Gasteiger partial charge < -0.3 is 14.7 Å². The Bertz CT molecular complexity index is 793. The number of aliphatic carboxylic acids is 1. The highest BCUT2D eigenvalue weighted by Gasteiger charge is 2.43. The predicted octanol–water partition coefficient (Wildman–Crippen LogP) is 3.41. The first-order valence-electron chi connectivity index (χ1n) is 12.4.